The molecule has 0 unspecified atom stereocenters. The van der Waals surface area contributed by atoms with Gasteiger partial charge in [-0.1, -0.05) is 6.07 Å². The Balaban J connectivity index is 2.57. The van der Waals surface area contributed by atoms with E-state index in [1.165, 1.54) is 6.07 Å². The van der Waals surface area contributed by atoms with Crippen LogP contribution >= 0.6 is 0 Å². The Hall–Kier alpha value is -2.76. The molecule has 0 radical (unpaired) electrons. The van der Waals surface area contributed by atoms with Crippen LogP contribution in [0.3, 0.4) is 0 Å². The average molecular weight is 276 g/mol. The summed E-state index contributed by atoms with van der Waals surface area (Å²) in [5.74, 6) is 0.493. The first kappa shape index (κ1) is 13.7. The van der Waals surface area contributed by atoms with E-state index in [0.29, 0.717) is 11.1 Å². The molecule has 6 nitrogen and oxygen atoms in total. The highest BCUT2D eigenvalue weighted by atomic mass is 16.7. The van der Waals surface area contributed by atoms with Gasteiger partial charge in [-0.3, -0.25) is 0 Å². The van der Waals surface area contributed by atoms with Crippen molar-refractivity contribution in [1.82, 2.24) is 0 Å². The van der Waals surface area contributed by atoms with E-state index in [1.807, 2.05) is 0 Å². The zero-order valence-corrected chi connectivity index (χ0v) is 10.8. The van der Waals surface area contributed by atoms with Crippen molar-refractivity contribution in [1.29, 1.82) is 0 Å². The summed E-state index contributed by atoms with van der Waals surface area (Å²) in [5.41, 5.74) is 1.31. The highest BCUT2D eigenvalue weighted by Gasteiger charge is 2.13. The number of carboxylic acid groups (broad SMARTS) is 2. The molecule has 0 spiro atoms. The second kappa shape index (κ2) is 5.08. The first-order chi connectivity index (χ1) is 9.38. The number of ether oxygens (including phenoxy) is 2. The summed E-state index contributed by atoms with van der Waals surface area (Å²) in [6, 6.07) is 6.46. The summed E-state index contributed by atoms with van der Waals surface area (Å²) in [6.45, 7) is 3.46. The van der Waals surface area contributed by atoms with Crippen LogP contribution in [0.25, 0.3) is 10.8 Å². The standard InChI is InChI=1S/C14H12O6/c1-7-5-9-6-10(19-13(15)16)3-4-11(9)8(2)12(7)20-14(17)18/h3-6H,1-2H3,(H,15,16)(H,17,18). The Morgan fingerprint density at radius 3 is 2.25 bits per heavy atom. The molecule has 2 aromatic rings. The first-order valence-corrected chi connectivity index (χ1v) is 5.74. The second-order valence-electron chi connectivity index (χ2n) is 4.27. The molecule has 0 fully saturated rings. The van der Waals surface area contributed by atoms with Crippen LogP contribution in [0.2, 0.25) is 0 Å². The van der Waals surface area contributed by atoms with Crippen LogP contribution < -0.4 is 9.47 Å². The van der Waals surface area contributed by atoms with Crippen molar-refractivity contribution in [3.63, 3.8) is 0 Å². The van der Waals surface area contributed by atoms with Crippen LogP contribution in [0.15, 0.2) is 24.3 Å². The summed E-state index contributed by atoms with van der Waals surface area (Å²) in [7, 11) is 0. The van der Waals surface area contributed by atoms with Crippen molar-refractivity contribution in [3.05, 3.63) is 35.4 Å². The van der Waals surface area contributed by atoms with Crippen LogP contribution in [0, 0.1) is 13.8 Å². The Labute approximate surface area is 114 Å². The lowest BCUT2D eigenvalue weighted by molar-refractivity contribution is 0.142. The van der Waals surface area contributed by atoms with Gasteiger partial charge in [0, 0.05) is 5.56 Å². The number of aryl methyl sites for hydroxylation is 2. The predicted octanol–water partition coefficient (Wildman–Crippen LogP) is 3.57. The molecule has 6 heteroatoms. The van der Waals surface area contributed by atoms with Gasteiger partial charge in [-0.15, -0.1) is 0 Å². The average Bonchev–Trinajstić information content (AvgIpc) is 2.33. The van der Waals surface area contributed by atoms with E-state index in [9.17, 15) is 9.59 Å². The number of rotatable bonds is 2. The molecule has 0 aliphatic rings. The van der Waals surface area contributed by atoms with E-state index < -0.39 is 12.3 Å². The maximum atomic E-state index is 10.7. The molecule has 0 atom stereocenters. The minimum absolute atomic E-state index is 0.204. The molecule has 0 aliphatic heterocycles. The van der Waals surface area contributed by atoms with Crippen molar-refractivity contribution < 1.29 is 29.3 Å². The normalized spacial score (nSPS) is 10.3. The zero-order valence-electron chi connectivity index (χ0n) is 10.8. The number of benzene rings is 2. The van der Waals surface area contributed by atoms with Crippen LogP contribution in [-0.2, 0) is 0 Å². The third-order valence-corrected chi connectivity index (χ3v) is 2.89. The van der Waals surface area contributed by atoms with E-state index in [4.69, 9.17) is 14.9 Å². The van der Waals surface area contributed by atoms with E-state index in [-0.39, 0.29) is 11.5 Å². The Kier molecular flexibility index (Phi) is 3.47. The second-order valence-corrected chi connectivity index (χ2v) is 4.27. The van der Waals surface area contributed by atoms with Crippen molar-refractivity contribution in [3.8, 4) is 11.5 Å². The topological polar surface area (TPSA) is 93.1 Å². The Morgan fingerprint density at radius 2 is 1.65 bits per heavy atom. The summed E-state index contributed by atoms with van der Waals surface area (Å²) in [5, 5.41) is 18.8. The van der Waals surface area contributed by atoms with Crippen molar-refractivity contribution in [2.75, 3.05) is 0 Å². The van der Waals surface area contributed by atoms with Crippen LogP contribution in [0.5, 0.6) is 11.5 Å². The van der Waals surface area contributed by atoms with Crippen molar-refractivity contribution in [2.24, 2.45) is 0 Å². The molecular weight excluding hydrogens is 264 g/mol. The van der Waals surface area contributed by atoms with E-state index >= 15 is 0 Å². The van der Waals surface area contributed by atoms with E-state index in [0.717, 1.165) is 10.8 Å². The van der Waals surface area contributed by atoms with Gasteiger partial charge in [0.25, 0.3) is 0 Å². The lowest BCUT2D eigenvalue weighted by Gasteiger charge is -2.12. The van der Waals surface area contributed by atoms with Gasteiger partial charge >= 0.3 is 12.3 Å². The maximum absolute atomic E-state index is 10.7. The number of hydrogen-bond acceptors (Lipinski definition) is 4. The van der Waals surface area contributed by atoms with Gasteiger partial charge < -0.3 is 19.7 Å². The Morgan fingerprint density at radius 1 is 1.00 bits per heavy atom. The molecule has 0 aromatic heterocycles. The molecule has 0 saturated heterocycles. The number of carbonyl (C=O) groups is 2. The summed E-state index contributed by atoms with van der Waals surface area (Å²) < 4.78 is 9.36. The quantitative estimate of drug-likeness (QED) is 0.643. The van der Waals surface area contributed by atoms with Gasteiger partial charge in [-0.2, -0.15) is 0 Å². The molecule has 0 saturated carbocycles. The summed E-state index contributed by atoms with van der Waals surface area (Å²) >= 11 is 0. The highest BCUT2D eigenvalue weighted by molar-refractivity contribution is 5.90. The molecule has 2 rings (SSSR count). The minimum Gasteiger partial charge on any atom is -0.449 e. The zero-order chi connectivity index (χ0) is 14.9. The van der Waals surface area contributed by atoms with Crippen molar-refractivity contribution in [2.45, 2.75) is 13.8 Å². The SMILES string of the molecule is Cc1cc2cc(OC(=O)O)ccc2c(C)c1OC(=O)O. The molecule has 0 amide bonds. The minimum atomic E-state index is -1.39. The third-order valence-electron chi connectivity index (χ3n) is 2.89. The van der Waals surface area contributed by atoms with Gasteiger partial charge in [0.05, 0.1) is 0 Å². The fraction of sp³-hybridized carbons (Fsp3) is 0.143. The van der Waals surface area contributed by atoms with Crippen LogP contribution in [0.1, 0.15) is 11.1 Å². The lowest BCUT2D eigenvalue weighted by Crippen LogP contribution is -2.06. The molecule has 0 heterocycles. The molecule has 104 valence electrons. The molecule has 2 N–H and O–H groups in total. The molecule has 20 heavy (non-hydrogen) atoms. The largest absolute Gasteiger partial charge is 0.511 e. The van der Waals surface area contributed by atoms with E-state index in [1.54, 1.807) is 32.0 Å². The summed E-state index contributed by atoms with van der Waals surface area (Å²) in [4.78, 5) is 21.2. The Bertz CT molecular complexity index is 704. The number of fused-ring (bicyclic) bond motifs is 1. The third kappa shape index (κ3) is 2.64. The fourth-order valence-electron chi connectivity index (χ4n) is 2.13. The number of hydrogen-bond donors (Lipinski definition) is 2. The molecule has 2 aromatic carbocycles. The van der Waals surface area contributed by atoms with Gasteiger partial charge in [0.1, 0.15) is 11.5 Å². The van der Waals surface area contributed by atoms with E-state index in [2.05, 4.69) is 4.74 Å². The summed E-state index contributed by atoms with van der Waals surface area (Å²) in [6.07, 6.45) is -2.76. The smallest absolute Gasteiger partial charge is 0.449 e. The predicted molar refractivity (Wildman–Crippen MR) is 70.7 cm³/mol. The lowest BCUT2D eigenvalue weighted by atomic mass is 10.0. The first-order valence-electron chi connectivity index (χ1n) is 5.74. The molecule has 0 bridgehead atoms. The fourth-order valence-corrected chi connectivity index (χ4v) is 2.13. The molecular formula is C14H12O6. The highest BCUT2D eigenvalue weighted by Crippen LogP contribution is 2.33. The van der Waals surface area contributed by atoms with Gasteiger partial charge in [0.2, 0.25) is 0 Å². The van der Waals surface area contributed by atoms with Crippen LogP contribution in [0.4, 0.5) is 9.59 Å². The van der Waals surface area contributed by atoms with Gasteiger partial charge in [-0.05, 0) is 48.4 Å². The van der Waals surface area contributed by atoms with Crippen LogP contribution in [-0.4, -0.2) is 22.5 Å². The van der Waals surface area contributed by atoms with Gasteiger partial charge in [0.15, 0.2) is 0 Å². The monoisotopic (exact) mass is 276 g/mol. The molecule has 0 aliphatic carbocycles. The van der Waals surface area contributed by atoms with Crippen molar-refractivity contribution >= 4 is 23.1 Å². The maximum Gasteiger partial charge on any atom is 0.511 e. The van der Waals surface area contributed by atoms with Gasteiger partial charge in [-0.25, -0.2) is 9.59 Å².